The third kappa shape index (κ3) is 2.04. The van der Waals surface area contributed by atoms with E-state index in [1.165, 1.54) is 12.1 Å². The molecule has 1 saturated heterocycles. The minimum atomic E-state index is -1.01. The van der Waals surface area contributed by atoms with Crippen LogP contribution in [0.3, 0.4) is 0 Å². The fraction of sp³-hybridized carbons (Fsp3) is 0.400. The summed E-state index contributed by atoms with van der Waals surface area (Å²) in [6, 6.07) is 2.51. The van der Waals surface area contributed by atoms with Gasteiger partial charge in [0.25, 0.3) is 0 Å². The Labute approximate surface area is 94.4 Å². The van der Waals surface area contributed by atoms with Gasteiger partial charge >= 0.3 is 0 Å². The molecule has 2 rings (SSSR count). The number of halogens is 3. The minimum absolute atomic E-state index is 0.00287. The van der Waals surface area contributed by atoms with Gasteiger partial charge < -0.3 is 10.4 Å². The number of β-amino-alcohol motifs (C(OH)–C–C–N with tert-alkyl or cyclic N) is 1. The molecule has 0 atom stereocenters. The number of benzene rings is 1. The highest BCUT2D eigenvalue weighted by Crippen LogP contribution is 2.26. The van der Waals surface area contributed by atoms with Crippen LogP contribution < -0.4 is 5.32 Å². The normalized spacial score (nSPS) is 18.7. The summed E-state index contributed by atoms with van der Waals surface area (Å²) >= 11 is 2.99. The van der Waals surface area contributed by atoms with Crippen molar-refractivity contribution < 1.29 is 13.9 Å². The maximum Gasteiger partial charge on any atom is 0.143 e. The van der Waals surface area contributed by atoms with Crippen molar-refractivity contribution in [3.8, 4) is 0 Å². The van der Waals surface area contributed by atoms with Gasteiger partial charge in [0.2, 0.25) is 0 Å². The van der Waals surface area contributed by atoms with Gasteiger partial charge in [-0.2, -0.15) is 0 Å². The van der Waals surface area contributed by atoms with Crippen LogP contribution in [0, 0.1) is 11.6 Å². The van der Waals surface area contributed by atoms with Crippen LogP contribution in [0.5, 0.6) is 0 Å². The third-order valence-corrected chi connectivity index (χ3v) is 3.17. The van der Waals surface area contributed by atoms with E-state index in [9.17, 15) is 13.9 Å². The highest BCUT2D eigenvalue weighted by Gasteiger charge is 2.36. The van der Waals surface area contributed by atoms with Gasteiger partial charge in [0.15, 0.2) is 0 Å². The number of aliphatic hydroxyl groups is 1. The largest absolute Gasteiger partial charge is 0.387 e. The Morgan fingerprint density at radius 1 is 1.40 bits per heavy atom. The van der Waals surface area contributed by atoms with Crippen LogP contribution >= 0.6 is 15.9 Å². The van der Waals surface area contributed by atoms with Crippen LogP contribution in [0.2, 0.25) is 0 Å². The lowest BCUT2D eigenvalue weighted by Gasteiger charge is -2.37. The molecule has 2 N–H and O–H groups in total. The van der Waals surface area contributed by atoms with Crippen LogP contribution in [0.25, 0.3) is 0 Å². The van der Waals surface area contributed by atoms with Gasteiger partial charge in [-0.25, -0.2) is 8.78 Å². The summed E-state index contributed by atoms with van der Waals surface area (Å²) in [6.45, 7) is 0.747. The first-order chi connectivity index (χ1) is 7.02. The smallest absolute Gasteiger partial charge is 0.143 e. The first-order valence-corrected chi connectivity index (χ1v) is 5.37. The molecule has 0 spiro atoms. The van der Waals surface area contributed by atoms with Gasteiger partial charge in [0.1, 0.15) is 11.6 Å². The second-order valence-electron chi connectivity index (χ2n) is 3.83. The number of rotatable bonds is 2. The fourth-order valence-electron chi connectivity index (χ4n) is 1.60. The summed E-state index contributed by atoms with van der Waals surface area (Å²) in [5, 5.41) is 12.7. The van der Waals surface area contributed by atoms with Crippen molar-refractivity contribution in [2.75, 3.05) is 13.1 Å². The molecule has 1 aromatic carbocycles. The van der Waals surface area contributed by atoms with Crippen molar-refractivity contribution >= 4 is 15.9 Å². The van der Waals surface area contributed by atoms with Crippen LogP contribution in [-0.4, -0.2) is 23.8 Å². The maximum atomic E-state index is 13.5. The Bertz CT molecular complexity index is 393. The topological polar surface area (TPSA) is 32.3 Å². The molecule has 0 unspecified atom stereocenters. The van der Waals surface area contributed by atoms with Crippen molar-refractivity contribution in [3.63, 3.8) is 0 Å². The Morgan fingerprint density at radius 3 is 2.60 bits per heavy atom. The molecule has 1 aromatic rings. The van der Waals surface area contributed by atoms with Gasteiger partial charge in [0, 0.05) is 25.1 Å². The molecule has 0 amide bonds. The Kier molecular flexibility index (Phi) is 2.79. The van der Waals surface area contributed by atoms with E-state index in [1.54, 1.807) is 0 Å². The molecule has 5 heteroatoms. The van der Waals surface area contributed by atoms with Crippen molar-refractivity contribution in [3.05, 3.63) is 33.8 Å². The molecule has 82 valence electrons. The summed E-state index contributed by atoms with van der Waals surface area (Å²) in [6.07, 6.45) is -0.00287. The molecule has 1 fully saturated rings. The van der Waals surface area contributed by atoms with E-state index in [2.05, 4.69) is 21.2 Å². The Morgan fingerprint density at radius 2 is 2.07 bits per heavy atom. The second kappa shape index (κ2) is 3.81. The van der Waals surface area contributed by atoms with Crippen LogP contribution in [0.4, 0.5) is 8.78 Å². The van der Waals surface area contributed by atoms with Gasteiger partial charge in [-0.1, -0.05) is 0 Å². The molecule has 0 radical (unpaired) electrons. The van der Waals surface area contributed by atoms with Crippen LogP contribution in [0.1, 0.15) is 5.56 Å². The van der Waals surface area contributed by atoms with E-state index < -0.39 is 17.2 Å². The highest BCUT2D eigenvalue weighted by atomic mass is 79.9. The number of hydrogen-bond donors (Lipinski definition) is 2. The van der Waals surface area contributed by atoms with E-state index in [4.69, 9.17) is 0 Å². The van der Waals surface area contributed by atoms with E-state index in [0.29, 0.717) is 13.1 Å². The van der Waals surface area contributed by atoms with Gasteiger partial charge in [-0.15, -0.1) is 0 Å². The lowest BCUT2D eigenvalue weighted by atomic mass is 9.89. The highest BCUT2D eigenvalue weighted by molar-refractivity contribution is 9.10. The fourth-order valence-corrected chi connectivity index (χ4v) is 1.97. The summed E-state index contributed by atoms with van der Waals surface area (Å²) < 4.78 is 27.1. The molecular formula is C10H10BrF2NO. The molecule has 15 heavy (non-hydrogen) atoms. The van der Waals surface area contributed by atoms with Gasteiger partial charge in [-0.05, 0) is 28.1 Å². The van der Waals surface area contributed by atoms with Gasteiger partial charge in [-0.3, -0.25) is 0 Å². The second-order valence-corrected chi connectivity index (χ2v) is 4.68. The van der Waals surface area contributed by atoms with E-state index in [-0.39, 0.29) is 16.5 Å². The summed E-state index contributed by atoms with van der Waals surface area (Å²) in [5.41, 5.74) is -1.07. The number of nitrogens with one attached hydrogen (secondary N) is 1. The first kappa shape index (κ1) is 11.0. The monoisotopic (exact) mass is 277 g/mol. The zero-order chi connectivity index (χ0) is 11.1. The Balaban J connectivity index is 2.30. The molecular weight excluding hydrogens is 268 g/mol. The van der Waals surface area contributed by atoms with Crippen LogP contribution in [0.15, 0.2) is 16.6 Å². The Hall–Kier alpha value is -0.520. The molecule has 0 saturated carbocycles. The standard InChI is InChI=1S/C10H10BrF2NO/c11-7-1-2-8(12)6(9(7)13)3-10(15)4-14-5-10/h1-2,14-15H,3-5H2. The van der Waals surface area contributed by atoms with Crippen LogP contribution in [-0.2, 0) is 6.42 Å². The van der Waals surface area contributed by atoms with Gasteiger partial charge in [0.05, 0.1) is 10.1 Å². The lowest BCUT2D eigenvalue weighted by Crippen LogP contribution is -2.60. The SMILES string of the molecule is OC1(Cc2c(F)ccc(Br)c2F)CNC1. The molecule has 0 bridgehead atoms. The quantitative estimate of drug-likeness (QED) is 0.805. The zero-order valence-corrected chi connectivity index (χ0v) is 9.44. The average molecular weight is 278 g/mol. The molecule has 1 aliphatic heterocycles. The zero-order valence-electron chi connectivity index (χ0n) is 7.86. The summed E-state index contributed by atoms with van der Waals surface area (Å²) in [5.74, 6) is -1.24. The number of hydrogen-bond acceptors (Lipinski definition) is 2. The molecule has 1 aliphatic rings. The lowest BCUT2D eigenvalue weighted by molar-refractivity contribution is -0.0104. The van der Waals surface area contributed by atoms with Crippen molar-refractivity contribution in [2.24, 2.45) is 0 Å². The predicted molar refractivity (Wildman–Crippen MR) is 55.6 cm³/mol. The van der Waals surface area contributed by atoms with Crippen molar-refractivity contribution in [1.82, 2.24) is 5.32 Å². The average Bonchev–Trinajstić information content (AvgIpc) is 2.16. The van der Waals surface area contributed by atoms with E-state index in [1.807, 2.05) is 0 Å². The summed E-state index contributed by atoms with van der Waals surface area (Å²) in [4.78, 5) is 0. The molecule has 0 aromatic heterocycles. The molecule has 0 aliphatic carbocycles. The van der Waals surface area contributed by atoms with Crippen molar-refractivity contribution in [1.29, 1.82) is 0 Å². The molecule has 1 heterocycles. The summed E-state index contributed by atoms with van der Waals surface area (Å²) in [7, 11) is 0. The third-order valence-electron chi connectivity index (χ3n) is 2.55. The van der Waals surface area contributed by atoms with E-state index in [0.717, 1.165) is 0 Å². The van der Waals surface area contributed by atoms with Crippen molar-refractivity contribution in [2.45, 2.75) is 12.0 Å². The predicted octanol–water partition coefficient (Wildman–Crippen LogP) is 1.60. The molecule has 2 nitrogen and oxygen atoms in total. The maximum absolute atomic E-state index is 13.5. The van der Waals surface area contributed by atoms with E-state index >= 15 is 0 Å². The minimum Gasteiger partial charge on any atom is -0.387 e. The first-order valence-electron chi connectivity index (χ1n) is 4.57.